The van der Waals surface area contributed by atoms with E-state index in [0.717, 1.165) is 17.0 Å². The van der Waals surface area contributed by atoms with Crippen LogP contribution in [-0.4, -0.2) is 49.5 Å². The van der Waals surface area contributed by atoms with Crippen molar-refractivity contribution in [3.63, 3.8) is 0 Å². The van der Waals surface area contributed by atoms with Gasteiger partial charge in [0.15, 0.2) is 0 Å². The Bertz CT molecular complexity index is 936. The van der Waals surface area contributed by atoms with Gasteiger partial charge in [-0.3, -0.25) is 0 Å². The Kier molecular flexibility index (Phi) is 10.6. The first kappa shape index (κ1) is 24.6. The van der Waals surface area contributed by atoms with Crippen molar-refractivity contribution < 1.29 is 19.3 Å². The number of hydrogen-bond acceptors (Lipinski definition) is 6. The van der Waals surface area contributed by atoms with Gasteiger partial charge < -0.3 is 25.1 Å². The molecule has 1 aliphatic heterocycles. The van der Waals surface area contributed by atoms with Gasteiger partial charge in [0.1, 0.15) is 12.6 Å². The van der Waals surface area contributed by atoms with E-state index in [0.29, 0.717) is 33.0 Å². The minimum absolute atomic E-state index is 0.0329. The highest BCUT2D eigenvalue weighted by molar-refractivity contribution is 5.95. The van der Waals surface area contributed by atoms with Crippen molar-refractivity contribution in [2.75, 3.05) is 26.4 Å². The number of aliphatic hydroxyl groups excluding tert-OH is 1. The zero-order valence-corrected chi connectivity index (χ0v) is 18.8. The van der Waals surface area contributed by atoms with E-state index in [9.17, 15) is 0 Å². The Hall–Kier alpha value is -3.03. The number of benzene rings is 3. The van der Waals surface area contributed by atoms with E-state index >= 15 is 0 Å². The smallest absolute Gasteiger partial charge is 0.216 e. The lowest BCUT2D eigenvalue weighted by molar-refractivity contribution is 0.0899. The maximum absolute atomic E-state index is 8.63. The minimum atomic E-state index is -0.274. The normalized spacial score (nSPS) is 15.7. The monoisotopic (exact) mass is 448 g/mol. The van der Waals surface area contributed by atoms with Crippen LogP contribution in [0.25, 0.3) is 0 Å². The number of nitrogens with two attached hydrogens (primary N) is 1. The molecule has 0 radical (unpaired) electrons. The maximum atomic E-state index is 8.63. The molecular formula is C27H32N2O4. The standard InChI is InChI=1S/C17H17NO2.C10H15NO2/c1-3-7-14(8-4-1)11-19-12-16-13-20-17(18-16)15-9-5-2-6-10-15;11-10(6-12)8-13-7-9-4-2-1-3-5-9/h1-10,16H,11-13H2;1-5,10,12H,6-8,11H2/t16-;10-/m10/s1. The Balaban J connectivity index is 0.000000205. The lowest BCUT2D eigenvalue weighted by Crippen LogP contribution is -2.29. The van der Waals surface area contributed by atoms with Crippen LogP contribution in [0, 0.1) is 0 Å². The summed E-state index contributed by atoms with van der Waals surface area (Å²) in [4.78, 5) is 4.56. The molecule has 0 saturated heterocycles. The van der Waals surface area contributed by atoms with Crippen LogP contribution >= 0.6 is 0 Å². The van der Waals surface area contributed by atoms with Crippen LogP contribution in [0.5, 0.6) is 0 Å². The Labute approximate surface area is 195 Å². The third kappa shape index (κ3) is 9.16. The first-order chi connectivity index (χ1) is 16.2. The highest BCUT2D eigenvalue weighted by atomic mass is 16.5. The first-order valence-electron chi connectivity index (χ1n) is 11.1. The van der Waals surface area contributed by atoms with Gasteiger partial charge in [0.25, 0.3) is 0 Å². The second kappa shape index (κ2) is 14.2. The summed E-state index contributed by atoms with van der Waals surface area (Å²) in [6.45, 7) is 2.71. The van der Waals surface area contributed by atoms with E-state index in [1.807, 2.05) is 78.9 Å². The van der Waals surface area contributed by atoms with Crippen LogP contribution in [-0.2, 0) is 27.4 Å². The molecule has 33 heavy (non-hydrogen) atoms. The predicted octanol–water partition coefficient (Wildman–Crippen LogP) is 3.57. The number of nitrogens with zero attached hydrogens (tertiary/aromatic N) is 1. The molecule has 2 atom stereocenters. The molecule has 3 N–H and O–H groups in total. The molecule has 3 aromatic rings. The molecule has 3 aromatic carbocycles. The summed E-state index contributed by atoms with van der Waals surface area (Å²) in [5, 5.41) is 8.63. The second-order valence-electron chi connectivity index (χ2n) is 7.71. The highest BCUT2D eigenvalue weighted by Crippen LogP contribution is 2.13. The SMILES string of the molecule is N[C@@H](CO)COCc1ccccc1.c1ccc(COC[C@@H]2COC(c3ccccc3)=N2)cc1. The summed E-state index contributed by atoms with van der Waals surface area (Å²) in [7, 11) is 0. The molecular weight excluding hydrogens is 416 g/mol. The van der Waals surface area contributed by atoms with E-state index in [-0.39, 0.29) is 18.7 Å². The second-order valence-corrected chi connectivity index (χ2v) is 7.71. The van der Waals surface area contributed by atoms with Crippen molar-refractivity contribution in [3.8, 4) is 0 Å². The molecule has 0 aliphatic carbocycles. The van der Waals surface area contributed by atoms with E-state index in [2.05, 4.69) is 17.1 Å². The van der Waals surface area contributed by atoms with Crippen molar-refractivity contribution in [1.29, 1.82) is 0 Å². The molecule has 0 fully saturated rings. The van der Waals surface area contributed by atoms with Crippen LogP contribution in [0.3, 0.4) is 0 Å². The number of ether oxygens (including phenoxy) is 3. The largest absolute Gasteiger partial charge is 0.475 e. The van der Waals surface area contributed by atoms with Gasteiger partial charge in [-0.1, -0.05) is 78.9 Å². The lowest BCUT2D eigenvalue weighted by atomic mass is 10.2. The zero-order chi connectivity index (χ0) is 23.1. The van der Waals surface area contributed by atoms with Crippen LogP contribution in [0.4, 0.5) is 0 Å². The van der Waals surface area contributed by atoms with Crippen molar-refractivity contribution >= 4 is 5.90 Å². The van der Waals surface area contributed by atoms with Gasteiger partial charge in [-0.05, 0) is 23.3 Å². The fraction of sp³-hybridized carbons (Fsp3) is 0.296. The van der Waals surface area contributed by atoms with Crippen LogP contribution in [0.1, 0.15) is 16.7 Å². The average molecular weight is 449 g/mol. The van der Waals surface area contributed by atoms with Crippen LogP contribution < -0.4 is 5.73 Å². The van der Waals surface area contributed by atoms with E-state index in [4.69, 9.17) is 25.1 Å². The summed E-state index contributed by atoms with van der Waals surface area (Å²) < 4.78 is 16.6. The molecule has 0 amide bonds. The maximum Gasteiger partial charge on any atom is 0.216 e. The van der Waals surface area contributed by atoms with E-state index in [1.165, 1.54) is 5.56 Å². The summed E-state index contributed by atoms with van der Waals surface area (Å²) in [6.07, 6.45) is 0. The van der Waals surface area contributed by atoms with Gasteiger partial charge in [-0.2, -0.15) is 0 Å². The topological polar surface area (TPSA) is 86.3 Å². The van der Waals surface area contributed by atoms with E-state index in [1.54, 1.807) is 0 Å². The Morgan fingerprint density at radius 2 is 1.39 bits per heavy atom. The quantitative estimate of drug-likeness (QED) is 0.495. The lowest BCUT2D eigenvalue weighted by Gasteiger charge is -2.08. The summed E-state index contributed by atoms with van der Waals surface area (Å²) in [5.41, 5.74) is 8.79. The molecule has 1 heterocycles. The third-order valence-corrected chi connectivity index (χ3v) is 4.83. The van der Waals surface area contributed by atoms with Gasteiger partial charge in [0.05, 0.1) is 39.1 Å². The molecule has 6 heteroatoms. The summed E-state index contributed by atoms with van der Waals surface area (Å²) in [6, 6.07) is 29.8. The average Bonchev–Trinajstić information content (AvgIpc) is 3.35. The van der Waals surface area contributed by atoms with Crippen molar-refractivity contribution in [2.24, 2.45) is 10.7 Å². The fourth-order valence-corrected chi connectivity index (χ4v) is 3.08. The molecule has 0 aromatic heterocycles. The molecule has 174 valence electrons. The molecule has 6 nitrogen and oxygen atoms in total. The van der Waals surface area contributed by atoms with Crippen LogP contribution in [0.15, 0.2) is 96.0 Å². The molecule has 4 rings (SSSR count). The van der Waals surface area contributed by atoms with Gasteiger partial charge in [0.2, 0.25) is 5.90 Å². The van der Waals surface area contributed by atoms with Gasteiger partial charge in [0, 0.05) is 5.56 Å². The molecule has 0 unspecified atom stereocenters. The van der Waals surface area contributed by atoms with Gasteiger partial charge >= 0.3 is 0 Å². The number of rotatable bonds is 10. The first-order valence-corrected chi connectivity index (χ1v) is 11.1. The number of aliphatic imine (C=N–C) groups is 1. The Morgan fingerprint density at radius 3 is 1.97 bits per heavy atom. The van der Waals surface area contributed by atoms with Crippen molar-refractivity contribution in [3.05, 3.63) is 108 Å². The Morgan fingerprint density at radius 1 is 0.848 bits per heavy atom. The van der Waals surface area contributed by atoms with Gasteiger partial charge in [-0.25, -0.2) is 4.99 Å². The predicted molar refractivity (Wildman–Crippen MR) is 130 cm³/mol. The highest BCUT2D eigenvalue weighted by Gasteiger charge is 2.19. The zero-order valence-electron chi connectivity index (χ0n) is 18.8. The minimum Gasteiger partial charge on any atom is -0.475 e. The summed E-state index contributed by atoms with van der Waals surface area (Å²) >= 11 is 0. The van der Waals surface area contributed by atoms with Crippen LogP contribution in [0.2, 0.25) is 0 Å². The fourth-order valence-electron chi connectivity index (χ4n) is 3.08. The summed E-state index contributed by atoms with van der Waals surface area (Å²) in [5.74, 6) is 0.721. The third-order valence-electron chi connectivity index (χ3n) is 4.83. The van der Waals surface area contributed by atoms with E-state index < -0.39 is 0 Å². The van der Waals surface area contributed by atoms with Crippen molar-refractivity contribution in [1.82, 2.24) is 0 Å². The van der Waals surface area contributed by atoms with Gasteiger partial charge in [-0.15, -0.1) is 0 Å². The molecule has 0 saturated carbocycles. The number of aliphatic hydroxyl groups is 1. The van der Waals surface area contributed by atoms with Crippen molar-refractivity contribution in [2.45, 2.75) is 25.3 Å². The number of hydrogen-bond donors (Lipinski definition) is 2. The molecule has 0 bridgehead atoms. The molecule has 0 spiro atoms. The molecule has 1 aliphatic rings.